The summed E-state index contributed by atoms with van der Waals surface area (Å²) in [5.74, 6) is 1.32. The van der Waals surface area contributed by atoms with Gasteiger partial charge in [0.15, 0.2) is 6.29 Å². The van der Waals surface area contributed by atoms with Gasteiger partial charge >= 0.3 is 0 Å². The molecular weight excluding hydrogens is 409 g/mol. The standard InChI is InChI=1S/C26H20FNO4/c1-3-17-4-12-21(13-5-17)28-25(18-6-10-20(27)11-7-18)24(23(30)16-29)26(31)19-8-14-22(32-2)15-9-19/h1,4-16,25,28,31H,2H3. The Morgan fingerprint density at radius 3 is 2.22 bits per heavy atom. The molecule has 6 heteroatoms. The van der Waals surface area contributed by atoms with Crippen molar-refractivity contribution in [3.05, 3.63) is 101 Å². The zero-order valence-corrected chi connectivity index (χ0v) is 17.2. The smallest absolute Gasteiger partial charge is 0.227 e. The van der Waals surface area contributed by atoms with E-state index in [-0.39, 0.29) is 17.6 Å². The molecule has 0 aromatic heterocycles. The van der Waals surface area contributed by atoms with Gasteiger partial charge in [-0.25, -0.2) is 4.39 Å². The number of anilines is 1. The molecule has 5 nitrogen and oxygen atoms in total. The number of benzene rings is 3. The number of rotatable bonds is 8. The van der Waals surface area contributed by atoms with Crippen LogP contribution >= 0.6 is 0 Å². The molecule has 1 atom stereocenters. The van der Waals surface area contributed by atoms with Crippen LogP contribution in [0.2, 0.25) is 0 Å². The van der Waals surface area contributed by atoms with Crippen LogP contribution < -0.4 is 10.1 Å². The zero-order valence-electron chi connectivity index (χ0n) is 17.2. The van der Waals surface area contributed by atoms with Crippen molar-refractivity contribution in [2.45, 2.75) is 6.04 Å². The van der Waals surface area contributed by atoms with Crippen LogP contribution in [0.1, 0.15) is 22.7 Å². The number of ketones is 1. The van der Waals surface area contributed by atoms with Gasteiger partial charge in [0, 0.05) is 16.8 Å². The summed E-state index contributed by atoms with van der Waals surface area (Å²) in [6.45, 7) is 0. The lowest BCUT2D eigenvalue weighted by Gasteiger charge is -2.23. The van der Waals surface area contributed by atoms with E-state index in [1.165, 1.54) is 31.4 Å². The van der Waals surface area contributed by atoms with Gasteiger partial charge in [-0.05, 0) is 66.2 Å². The van der Waals surface area contributed by atoms with E-state index in [0.717, 1.165) is 0 Å². The first-order valence-electron chi connectivity index (χ1n) is 9.62. The van der Waals surface area contributed by atoms with E-state index in [0.29, 0.717) is 28.1 Å². The summed E-state index contributed by atoms with van der Waals surface area (Å²) in [6.07, 6.45) is 5.53. The van der Waals surface area contributed by atoms with Crippen molar-refractivity contribution in [2.75, 3.05) is 12.4 Å². The van der Waals surface area contributed by atoms with Crippen LogP contribution in [0.15, 0.2) is 78.4 Å². The number of nitrogens with one attached hydrogen (secondary N) is 1. The Morgan fingerprint density at radius 1 is 1.06 bits per heavy atom. The average Bonchev–Trinajstić information content (AvgIpc) is 2.84. The molecule has 1 unspecified atom stereocenters. The number of hydrogen-bond acceptors (Lipinski definition) is 5. The van der Waals surface area contributed by atoms with E-state index in [1.807, 2.05) is 0 Å². The molecule has 2 N–H and O–H groups in total. The highest BCUT2D eigenvalue weighted by Crippen LogP contribution is 2.32. The van der Waals surface area contributed by atoms with Crippen LogP contribution in [0, 0.1) is 18.2 Å². The second-order valence-electron chi connectivity index (χ2n) is 6.82. The highest BCUT2D eigenvalue weighted by Gasteiger charge is 2.27. The van der Waals surface area contributed by atoms with Gasteiger partial charge in [0.05, 0.1) is 18.7 Å². The molecule has 0 saturated carbocycles. The molecule has 3 aromatic carbocycles. The largest absolute Gasteiger partial charge is 0.507 e. The van der Waals surface area contributed by atoms with Crippen LogP contribution in [0.25, 0.3) is 5.76 Å². The van der Waals surface area contributed by atoms with Crippen molar-refractivity contribution in [3.8, 4) is 18.1 Å². The first-order chi connectivity index (χ1) is 15.5. The second-order valence-corrected chi connectivity index (χ2v) is 6.82. The van der Waals surface area contributed by atoms with E-state index in [1.54, 1.807) is 48.5 Å². The van der Waals surface area contributed by atoms with Crippen LogP contribution in [0.5, 0.6) is 5.75 Å². The Morgan fingerprint density at radius 2 is 1.69 bits per heavy atom. The molecule has 0 spiro atoms. The van der Waals surface area contributed by atoms with Gasteiger partial charge in [-0.1, -0.05) is 18.1 Å². The number of aliphatic hydroxyl groups is 1. The molecule has 160 valence electrons. The Bertz CT molecular complexity index is 1170. The predicted octanol–water partition coefficient (Wildman–Crippen LogP) is 4.71. The van der Waals surface area contributed by atoms with Crippen molar-refractivity contribution in [1.29, 1.82) is 0 Å². The molecule has 0 aliphatic heterocycles. The molecule has 32 heavy (non-hydrogen) atoms. The fourth-order valence-electron chi connectivity index (χ4n) is 3.17. The Kier molecular flexibility index (Phi) is 7.04. The van der Waals surface area contributed by atoms with Crippen molar-refractivity contribution in [3.63, 3.8) is 0 Å². The topological polar surface area (TPSA) is 75.6 Å². The minimum absolute atomic E-state index is 0.134. The molecule has 0 amide bonds. The minimum Gasteiger partial charge on any atom is -0.507 e. The van der Waals surface area contributed by atoms with Gasteiger partial charge < -0.3 is 15.2 Å². The van der Waals surface area contributed by atoms with Crippen molar-refractivity contribution in [1.82, 2.24) is 0 Å². The van der Waals surface area contributed by atoms with E-state index in [4.69, 9.17) is 11.2 Å². The molecular formula is C26H20FNO4. The van der Waals surface area contributed by atoms with Crippen molar-refractivity contribution < 1.29 is 23.8 Å². The monoisotopic (exact) mass is 429 g/mol. The summed E-state index contributed by atoms with van der Waals surface area (Å²) in [4.78, 5) is 24.2. The third-order valence-corrected chi connectivity index (χ3v) is 4.85. The van der Waals surface area contributed by atoms with Gasteiger partial charge in [-0.15, -0.1) is 6.42 Å². The number of halogens is 1. The molecule has 0 saturated heterocycles. The second kappa shape index (κ2) is 10.1. The van der Waals surface area contributed by atoms with Gasteiger partial charge in [0.1, 0.15) is 17.3 Å². The Hall–Kier alpha value is -4.37. The molecule has 0 fully saturated rings. The maximum absolute atomic E-state index is 13.5. The number of ether oxygens (including phenoxy) is 1. The third-order valence-electron chi connectivity index (χ3n) is 4.85. The Labute approximate surface area is 185 Å². The van der Waals surface area contributed by atoms with E-state index in [2.05, 4.69) is 11.2 Å². The molecule has 3 rings (SSSR count). The summed E-state index contributed by atoms with van der Waals surface area (Å²) < 4.78 is 18.7. The van der Waals surface area contributed by atoms with Crippen LogP contribution in [0.4, 0.5) is 10.1 Å². The normalized spacial score (nSPS) is 12.2. The number of aldehydes is 1. The van der Waals surface area contributed by atoms with Gasteiger partial charge in [-0.2, -0.15) is 0 Å². The third kappa shape index (κ3) is 5.02. The first kappa shape index (κ1) is 22.3. The fourth-order valence-corrected chi connectivity index (χ4v) is 3.17. The summed E-state index contributed by atoms with van der Waals surface area (Å²) in [7, 11) is 1.51. The SMILES string of the molecule is C#Cc1ccc(NC(C(C(=O)C=O)=C(O)c2ccc(OC)cc2)c2ccc(F)cc2)cc1. The quantitative estimate of drug-likeness (QED) is 0.178. The molecule has 0 aliphatic carbocycles. The van der Waals surface area contributed by atoms with Gasteiger partial charge in [0.2, 0.25) is 5.78 Å². The number of carbonyl (C=O) groups excluding carboxylic acids is 2. The minimum atomic E-state index is -0.952. The summed E-state index contributed by atoms with van der Waals surface area (Å²) >= 11 is 0. The first-order valence-corrected chi connectivity index (χ1v) is 9.62. The average molecular weight is 429 g/mol. The van der Waals surface area contributed by atoms with Crippen molar-refractivity contribution in [2.24, 2.45) is 0 Å². The molecule has 0 heterocycles. The summed E-state index contributed by atoms with van der Waals surface area (Å²) in [5.41, 5.74) is 1.84. The zero-order chi connectivity index (χ0) is 23.1. The molecule has 0 bridgehead atoms. The molecule has 0 radical (unpaired) electrons. The van der Waals surface area contributed by atoms with Crippen LogP contribution in [0.3, 0.4) is 0 Å². The van der Waals surface area contributed by atoms with Gasteiger partial charge in [0.25, 0.3) is 0 Å². The van der Waals surface area contributed by atoms with E-state index in [9.17, 15) is 19.1 Å². The van der Waals surface area contributed by atoms with E-state index >= 15 is 0 Å². The lowest BCUT2D eigenvalue weighted by molar-refractivity contribution is -0.127. The summed E-state index contributed by atoms with van der Waals surface area (Å²) in [5, 5.41) is 14.2. The van der Waals surface area contributed by atoms with Crippen molar-refractivity contribution >= 4 is 23.5 Å². The van der Waals surface area contributed by atoms with E-state index < -0.39 is 17.6 Å². The highest BCUT2D eigenvalue weighted by molar-refractivity contribution is 6.35. The number of carbonyl (C=O) groups is 2. The lowest BCUT2D eigenvalue weighted by Crippen LogP contribution is -2.22. The maximum Gasteiger partial charge on any atom is 0.227 e. The highest BCUT2D eigenvalue weighted by atomic mass is 19.1. The van der Waals surface area contributed by atoms with Crippen LogP contribution in [-0.4, -0.2) is 24.3 Å². The number of terminal acetylenes is 1. The number of methoxy groups -OCH3 is 1. The number of aliphatic hydroxyl groups excluding tert-OH is 1. The number of Topliss-reactive ketones (excluding diaryl/α,β-unsaturated/α-hetero) is 1. The predicted molar refractivity (Wildman–Crippen MR) is 121 cm³/mol. The Balaban J connectivity index is 2.15. The maximum atomic E-state index is 13.5. The summed E-state index contributed by atoms with van der Waals surface area (Å²) in [6, 6.07) is 17.7. The van der Waals surface area contributed by atoms with Crippen LogP contribution in [-0.2, 0) is 9.59 Å². The fraction of sp³-hybridized carbons (Fsp3) is 0.0769. The number of hydrogen-bond donors (Lipinski definition) is 2. The van der Waals surface area contributed by atoms with Gasteiger partial charge in [-0.3, -0.25) is 9.59 Å². The molecule has 0 aliphatic rings. The lowest BCUT2D eigenvalue weighted by atomic mass is 9.92. The molecule has 3 aromatic rings.